The molecule has 0 N–H and O–H groups in total. The molecule has 2 aromatic carbocycles. The van der Waals surface area contributed by atoms with Gasteiger partial charge in [-0.2, -0.15) is 0 Å². The van der Waals surface area contributed by atoms with Gasteiger partial charge in [-0.15, -0.1) is 0 Å². The highest BCUT2D eigenvalue weighted by Crippen LogP contribution is 2.31. The number of oxazole rings is 1. The standard InChI is InChI=1S/C23H26N2O5/c1-14-11-15(2)21-18(12-14)25(23(27)30-21)17-7-9-24(10-8-17)22(26)16-5-6-19(28-3)20(13-16)29-4/h5-6,11-13,17H,7-10H2,1-4H3. The molecule has 1 aliphatic rings. The average molecular weight is 410 g/mol. The number of carbonyl (C=O) groups is 1. The number of carbonyl (C=O) groups excluding carboxylic acids is 1. The maximum absolute atomic E-state index is 13.0. The van der Waals surface area contributed by atoms with E-state index in [4.69, 9.17) is 13.9 Å². The summed E-state index contributed by atoms with van der Waals surface area (Å²) in [7, 11) is 3.11. The van der Waals surface area contributed by atoms with E-state index in [0.29, 0.717) is 48.6 Å². The van der Waals surface area contributed by atoms with Crippen molar-refractivity contribution in [2.45, 2.75) is 32.7 Å². The number of aryl methyl sites for hydroxylation is 2. The highest BCUT2D eigenvalue weighted by Gasteiger charge is 2.28. The van der Waals surface area contributed by atoms with E-state index in [9.17, 15) is 9.59 Å². The van der Waals surface area contributed by atoms with Crippen LogP contribution in [0.4, 0.5) is 0 Å². The predicted molar refractivity (Wildman–Crippen MR) is 114 cm³/mol. The maximum Gasteiger partial charge on any atom is 0.420 e. The van der Waals surface area contributed by atoms with E-state index < -0.39 is 0 Å². The van der Waals surface area contributed by atoms with Crippen molar-refractivity contribution < 1.29 is 18.7 Å². The lowest BCUT2D eigenvalue weighted by Crippen LogP contribution is -2.40. The number of aromatic nitrogens is 1. The minimum Gasteiger partial charge on any atom is -0.493 e. The fourth-order valence-electron chi connectivity index (χ4n) is 4.30. The lowest BCUT2D eigenvalue weighted by molar-refractivity contribution is 0.0693. The second-order valence-corrected chi connectivity index (χ2v) is 7.76. The van der Waals surface area contributed by atoms with E-state index in [0.717, 1.165) is 16.6 Å². The van der Waals surface area contributed by atoms with Gasteiger partial charge in [-0.1, -0.05) is 6.07 Å². The van der Waals surface area contributed by atoms with Gasteiger partial charge in [0, 0.05) is 24.7 Å². The van der Waals surface area contributed by atoms with E-state index >= 15 is 0 Å². The third-order valence-corrected chi connectivity index (χ3v) is 5.79. The fraction of sp³-hybridized carbons (Fsp3) is 0.391. The van der Waals surface area contributed by atoms with E-state index in [1.54, 1.807) is 37.0 Å². The third kappa shape index (κ3) is 3.44. The number of fused-ring (bicyclic) bond motifs is 1. The van der Waals surface area contributed by atoms with Crippen molar-refractivity contribution in [3.63, 3.8) is 0 Å². The molecule has 30 heavy (non-hydrogen) atoms. The van der Waals surface area contributed by atoms with Crippen molar-refractivity contribution in [2.24, 2.45) is 0 Å². The van der Waals surface area contributed by atoms with Crippen molar-refractivity contribution >= 4 is 17.0 Å². The molecule has 158 valence electrons. The third-order valence-electron chi connectivity index (χ3n) is 5.79. The lowest BCUT2D eigenvalue weighted by Gasteiger charge is -2.32. The topological polar surface area (TPSA) is 73.9 Å². The zero-order valence-corrected chi connectivity index (χ0v) is 17.7. The Balaban J connectivity index is 1.53. The van der Waals surface area contributed by atoms with Gasteiger partial charge < -0.3 is 18.8 Å². The second-order valence-electron chi connectivity index (χ2n) is 7.76. The number of hydrogen-bond donors (Lipinski definition) is 0. The number of methoxy groups -OCH3 is 2. The first kappa shape index (κ1) is 20.1. The van der Waals surface area contributed by atoms with Crippen LogP contribution in [0.5, 0.6) is 11.5 Å². The average Bonchev–Trinajstić information content (AvgIpc) is 3.09. The molecule has 3 aromatic rings. The van der Waals surface area contributed by atoms with Crippen LogP contribution in [0.2, 0.25) is 0 Å². The summed E-state index contributed by atoms with van der Waals surface area (Å²) in [5.74, 6) is 0.735. The Labute approximate surface area is 174 Å². The first-order chi connectivity index (χ1) is 14.4. The molecule has 1 aliphatic heterocycles. The Morgan fingerprint density at radius 1 is 1.03 bits per heavy atom. The van der Waals surface area contributed by atoms with Crippen LogP contribution in [0, 0.1) is 13.8 Å². The number of piperidine rings is 1. The van der Waals surface area contributed by atoms with E-state index in [2.05, 4.69) is 0 Å². The molecule has 0 aliphatic carbocycles. The van der Waals surface area contributed by atoms with Crippen LogP contribution in [0.15, 0.2) is 39.5 Å². The molecule has 0 bridgehead atoms. The Kier molecular flexibility index (Phi) is 5.28. The van der Waals surface area contributed by atoms with Crippen LogP contribution in [0.3, 0.4) is 0 Å². The van der Waals surface area contributed by atoms with Crippen molar-refractivity contribution in [2.75, 3.05) is 27.3 Å². The molecule has 0 atom stereocenters. The van der Waals surface area contributed by atoms with Gasteiger partial charge >= 0.3 is 5.76 Å². The number of ether oxygens (including phenoxy) is 2. The number of nitrogens with zero attached hydrogens (tertiary/aromatic N) is 2. The molecule has 4 rings (SSSR count). The summed E-state index contributed by atoms with van der Waals surface area (Å²) in [6.07, 6.45) is 1.39. The Morgan fingerprint density at radius 3 is 2.40 bits per heavy atom. The zero-order valence-electron chi connectivity index (χ0n) is 17.7. The largest absolute Gasteiger partial charge is 0.493 e. The summed E-state index contributed by atoms with van der Waals surface area (Å²) < 4.78 is 17.8. The van der Waals surface area contributed by atoms with E-state index in [1.165, 1.54) is 0 Å². The van der Waals surface area contributed by atoms with Crippen molar-refractivity contribution in [1.82, 2.24) is 9.47 Å². The smallest absolute Gasteiger partial charge is 0.420 e. The first-order valence-corrected chi connectivity index (χ1v) is 10.1. The van der Waals surface area contributed by atoms with Crippen molar-refractivity contribution in [3.8, 4) is 11.5 Å². The maximum atomic E-state index is 13.0. The zero-order chi connectivity index (χ0) is 21.4. The molecular formula is C23H26N2O5. The number of benzene rings is 2. The van der Waals surface area contributed by atoms with Gasteiger partial charge in [0.05, 0.1) is 19.7 Å². The molecule has 7 nitrogen and oxygen atoms in total. The van der Waals surface area contributed by atoms with Gasteiger partial charge in [-0.05, 0) is 62.1 Å². The van der Waals surface area contributed by atoms with Crippen LogP contribution in [-0.4, -0.2) is 42.7 Å². The van der Waals surface area contributed by atoms with E-state index in [1.807, 2.05) is 30.9 Å². The summed E-state index contributed by atoms with van der Waals surface area (Å²) in [5, 5.41) is 0. The second kappa shape index (κ2) is 7.89. The van der Waals surface area contributed by atoms with Crippen LogP contribution < -0.4 is 15.2 Å². The normalized spacial score (nSPS) is 14.9. The molecule has 7 heteroatoms. The van der Waals surface area contributed by atoms with Crippen molar-refractivity contribution in [3.05, 3.63) is 57.6 Å². The van der Waals surface area contributed by atoms with Crippen LogP contribution in [-0.2, 0) is 0 Å². The highest BCUT2D eigenvalue weighted by molar-refractivity contribution is 5.95. The highest BCUT2D eigenvalue weighted by atomic mass is 16.5. The first-order valence-electron chi connectivity index (χ1n) is 10.1. The van der Waals surface area contributed by atoms with Crippen LogP contribution in [0.1, 0.15) is 40.4 Å². The molecule has 1 amide bonds. The van der Waals surface area contributed by atoms with E-state index in [-0.39, 0.29) is 17.7 Å². The summed E-state index contributed by atoms with van der Waals surface area (Å²) in [4.78, 5) is 27.4. The molecule has 0 spiro atoms. The van der Waals surface area contributed by atoms with Gasteiger partial charge in [0.2, 0.25) is 0 Å². The number of rotatable bonds is 4. The Morgan fingerprint density at radius 2 is 1.73 bits per heavy atom. The minimum atomic E-state index is -0.330. The molecule has 0 saturated carbocycles. The summed E-state index contributed by atoms with van der Waals surface area (Å²) in [5.41, 5.74) is 4.09. The molecule has 1 fully saturated rings. The van der Waals surface area contributed by atoms with Crippen LogP contribution >= 0.6 is 0 Å². The fourth-order valence-corrected chi connectivity index (χ4v) is 4.30. The van der Waals surface area contributed by atoms with Gasteiger partial charge in [0.15, 0.2) is 17.1 Å². The molecule has 2 heterocycles. The molecule has 0 radical (unpaired) electrons. The van der Waals surface area contributed by atoms with Gasteiger partial charge in [-0.3, -0.25) is 9.36 Å². The number of amides is 1. The van der Waals surface area contributed by atoms with Crippen molar-refractivity contribution in [1.29, 1.82) is 0 Å². The Bertz CT molecular complexity index is 1150. The minimum absolute atomic E-state index is 0.00871. The monoisotopic (exact) mass is 410 g/mol. The van der Waals surface area contributed by atoms with Gasteiger partial charge in [-0.25, -0.2) is 4.79 Å². The SMILES string of the molecule is COc1ccc(C(=O)N2CCC(n3c(=O)oc4c(C)cc(C)cc43)CC2)cc1OC. The molecule has 0 unspecified atom stereocenters. The lowest BCUT2D eigenvalue weighted by atomic mass is 10.0. The summed E-state index contributed by atoms with van der Waals surface area (Å²) >= 11 is 0. The molecular weight excluding hydrogens is 384 g/mol. The summed E-state index contributed by atoms with van der Waals surface area (Å²) in [6.45, 7) is 5.11. The van der Waals surface area contributed by atoms with Crippen LogP contribution in [0.25, 0.3) is 11.1 Å². The van der Waals surface area contributed by atoms with Gasteiger partial charge in [0.25, 0.3) is 5.91 Å². The molecule has 1 aromatic heterocycles. The Hall–Kier alpha value is -3.22. The summed E-state index contributed by atoms with van der Waals surface area (Å²) in [6, 6.07) is 9.20. The van der Waals surface area contributed by atoms with Gasteiger partial charge in [0.1, 0.15) is 0 Å². The predicted octanol–water partition coefficient (Wildman–Crippen LogP) is 3.71. The number of hydrogen-bond acceptors (Lipinski definition) is 5. The molecule has 1 saturated heterocycles. The number of likely N-dealkylation sites (tertiary alicyclic amines) is 1. The quantitative estimate of drug-likeness (QED) is 0.656.